The zero-order valence-electron chi connectivity index (χ0n) is 20.1. The summed E-state index contributed by atoms with van der Waals surface area (Å²) in [5.41, 5.74) is 1.46. The number of unbranched alkanes of at least 4 members (excludes halogenated alkanes) is 15. The predicted octanol–water partition coefficient (Wildman–Crippen LogP) is 7.70. The van der Waals surface area contributed by atoms with Gasteiger partial charge in [0.1, 0.15) is 6.54 Å². The standard InChI is InChI=1S/C27H50N.H2O/c1-4-5-6-7-8-9-10-11-12-13-14-15-16-17-18-22-25-28(2,3)26-27-23-20-19-21-24-27;/h19-21,23-24H,4-18,22,25-26H2,1-3H3;1H2/q+1;. The number of nitrogens with zero attached hydrogens (tertiary/aromatic N) is 1. The Morgan fingerprint density at radius 2 is 0.931 bits per heavy atom. The van der Waals surface area contributed by atoms with Gasteiger partial charge in [-0.15, -0.1) is 0 Å². The minimum Gasteiger partial charge on any atom is -0.412 e. The first-order valence-corrected chi connectivity index (χ1v) is 12.5. The van der Waals surface area contributed by atoms with Gasteiger partial charge in [0, 0.05) is 5.56 Å². The van der Waals surface area contributed by atoms with Crippen LogP contribution in [0.4, 0.5) is 0 Å². The van der Waals surface area contributed by atoms with Crippen molar-refractivity contribution in [3.8, 4) is 0 Å². The highest BCUT2D eigenvalue weighted by atomic mass is 16.0. The molecule has 0 saturated carbocycles. The molecule has 2 N–H and O–H groups in total. The molecule has 0 unspecified atom stereocenters. The lowest BCUT2D eigenvalue weighted by atomic mass is 10.0. The summed E-state index contributed by atoms with van der Waals surface area (Å²) >= 11 is 0. The van der Waals surface area contributed by atoms with Crippen LogP contribution in [0, 0.1) is 0 Å². The Hall–Kier alpha value is -0.860. The zero-order valence-corrected chi connectivity index (χ0v) is 20.1. The second-order valence-corrected chi connectivity index (χ2v) is 9.61. The largest absolute Gasteiger partial charge is 0.412 e. The van der Waals surface area contributed by atoms with E-state index in [4.69, 9.17) is 0 Å². The topological polar surface area (TPSA) is 31.5 Å². The first-order valence-electron chi connectivity index (χ1n) is 12.5. The highest BCUT2D eigenvalue weighted by Crippen LogP contribution is 2.15. The molecule has 1 aromatic rings. The summed E-state index contributed by atoms with van der Waals surface area (Å²) < 4.78 is 1.11. The molecule has 0 atom stereocenters. The number of quaternary nitrogens is 1. The number of hydrogen-bond donors (Lipinski definition) is 0. The van der Waals surface area contributed by atoms with Crippen molar-refractivity contribution in [3.63, 3.8) is 0 Å². The normalized spacial score (nSPS) is 11.4. The fraction of sp³-hybridized carbons (Fsp3) is 0.778. The van der Waals surface area contributed by atoms with Crippen LogP contribution in [0.2, 0.25) is 0 Å². The average molecular weight is 407 g/mol. The van der Waals surface area contributed by atoms with Gasteiger partial charge >= 0.3 is 0 Å². The molecule has 0 spiro atoms. The number of rotatable bonds is 19. The van der Waals surface area contributed by atoms with E-state index in [1.165, 1.54) is 115 Å². The summed E-state index contributed by atoms with van der Waals surface area (Å²) in [5.74, 6) is 0. The molecule has 170 valence electrons. The molecule has 1 aromatic carbocycles. The first kappa shape index (κ1) is 28.1. The van der Waals surface area contributed by atoms with Crippen molar-refractivity contribution < 1.29 is 9.96 Å². The van der Waals surface area contributed by atoms with Crippen LogP contribution < -0.4 is 0 Å². The lowest BCUT2D eigenvalue weighted by molar-refractivity contribution is -0.903. The van der Waals surface area contributed by atoms with Gasteiger partial charge in [-0.2, -0.15) is 0 Å². The second-order valence-electron chi connectivity index (χ2n) is 9.61. The molecule has 0 aliphatic heterocycles. The van der Waals surface area contributed by atoms with Crippen molar-refractivity contribution in [2.45, 2.75) is 116 Å². The van der Waals surface area contributed by atoms with Gasteiger partial charge in [0.15, 0.2) is 0 Å². The van der Waals surface area contributed by atoms with E-state index in [2.05, 4.69) is 51.4 Å². The third-order valence-corrected chi connectivity index (χ3v) is 6.07. The Morgan fingerprint density at radius 1 is 0.552 bits per heavy atom. The van der Waals surface area contributed by atoms with Gasteiger partial charge in [-0.25, -0.2) is 0 Å². The van der Waals surface area contributed by atoms with Crippen LogP contribution in [0.5, 0.6) is 0 Å². The van der Waals surface area contributed by atoms with E-state index < -0.39 is 0 Å². The van der Waals surface area contributed by atoms with Crippen molar-refractivity contribution in [2.24, 2.45) is 0 Å². The third-order valence-electron chi connectivity index (χ3n) is 6.07. The molecule has 29 heavy (non-hydrogen) atoms. The van der Waals surface area contributed by atoms with Crippen LogP contribution >= 0.6 is 0 Å². The van der Waals surface area contributed by atoms with Gasteiger partial charge in [0.2, 0.25) is 0 Å². The van der Waals surface area contributed by atoms with Crippen molar-refractivity contribution in [1.29, 1.82) is 0 Å². The van der Waals surface area contributed by atoms with E-state index in [1.54, 1.807) is 0 Å². The summed E-state index contributed by atoms with van der Waals surface area (Å²) in [6, 6.07) is 10.9. The zero-order chi connectivity index (χ0) is 20.3. The number of benzene rings is 1. The molecule has 1 rings (SSSR count). The third kappa shape index (κ3) is 17.7. The van der Waals surface area contributed by atoms with Gasteiger partial charge in [0.25, 0.3) is 0 Å². The Bertz CT molecular complexity index is 443. The van der Waals surface area contributed by atoms with Crippen LogP contribution in [-0.4, -0.2) is 30.6 Å². The van der Waals surface area contributed by atoms with Crippen LogP contribution in [-0.2, 0) is 6.54 Å². The van der Waals surface area contributed by atoms with Gasteiger partial charge in [0.05, 0.1) is 20.6 Å². The van der Waals surface area contributed by atoms with E-state index in [1.807, 2.05) is 0 Å². The van der Waals surface area contributed by atoms with E-state index in [9.17, 15) is 0 Å². The summed E-state index contributed by atoms with van der Waals surface area (Å²) in [7, 11) is 4.75. The van der Waals surface area contributed by atoms with Crippen LogP contribution in [0.1, 0.15) is 115 Å². The monoisotopic (exact) mass is 406 g/mol. The average Bonchev–Trinajstić information content (AvgIpc) is 2.68. The molecular formula is C27H52NO+. The van der Waals surface area contributed by atoms with E-state index >= 15 is 0 Å². The fourth-order valence-electron chi connectivity index (χ4n) is 4.24. The van der Waals surface area contributed by atoms with Gasteiger partial charge in [-0.1, -0.05) is 127 Å². The lowest BCUT2D eigenvalue weighted by Gasteiger charge is -2.30. The Morgan fingerprint density at radius 3 is 1.34 bits per heavy atom. The number of hydrogen-bond acceptors (Lipinski definition) is 0. The molecule has 0 aliphatic carbocycles. The highest BCUT2D eigenvalue weighted by Gasteiger charge is 2.14. The van der Waals surface area contributed by atoms with Crippen LogP contribution in [0.25, 0.3) is 0 Å². The van der Waals surface area contributed by atoms with Crippen molar-refractivity contribution in [2.75, 3.05) is 20.6 Å². The van der Waals surface area contributed by atoms with Gasteiger partial charge in [-0.05, 0) is 12.8 Å². The Labute approximate surface area is 183 Å². The maximum Gasteiger partial charge on any atom is 0.104 e. The van der Waals surface area contributed by atoms with E-state index in [0.717, 1.165) is 11.0 Å². The minimum atomic E-state index is 0. The minimum absolute atomic E-state index is 0. The van der Waals surface area contributed by atoms with Crippen LogP contribution in [0.15, 0.2) is 30.3 Å². The maximum atomic E-state index is 2.37. The first-order chi connectivity index (χ1) is 13.6. The van der Waals surface area contributed by atoms with Crippen LogP contribution in [0.3, 0.4) is 0 Å². The lowest BCUT2D eigenvalue weighted by Crippen LogP contribution is -2.39. The summed E-state index contributed by atoms with van der Waals surface area (Å²) in [5, 5.41) is 0. The maximum absolute atomic E-state index is 2.37. The van der Waals surface area contributed by atoms with E-state index in [0.29, 0.717) is 0 Å². The molecule has 0 amide bonds. The summed E-state index contributed by atoms with van der Waals surface area (Å²) in [4.78, 5) is 0. The Kier molecular flexibility index (Phi) is 18.6. The smallest absolute Gasteiger partial charge is 0.104 e. The molecule has 0 aliphatic rings. The van der Waals surface area contributed by atoms with Gasteiger partial charge in [-0.3, -0.25) is 0 Å². The van der Waals surface area contributed by atoms with Crippen molar-refractivity contribution in [1.82, 2.24) is 0 Å². The molecule has 0 radical (unpaired) electrons. The SMILES string of the molecule is CCCCCCCCCCCCCCCCCC[N+](C)(C)Cc1ccccc1.O. The van der Waals surface area contributed by atoms with Crippen molar-refractivity contribution in [3.05, 3.63) is 35.9 Å². The Balaban J connectivity index is 0.00000784. The summed E-state index contributed by atoms with van der Waals surface area (Å²) in [6.07, 6.45) is 23.2. The fourth-order valence-corrected chi connectivity index (χ4v) is 4.24. The van der Waals surface area contributed by atoms with E-state index in [-0.39, 0.29) is 5.48 Å². The molecule has 2 nitrogen and oxygen atoms in total. The van der Waals surface area contributed by atoms with Crippen molar-refractivity contribution >= 4 is 0 Å². The molecule has 0 aromatic heterocycles. The second kappa shape index (κ2) is 19.1. The molecule has 0 saturated heterocycles. The quantitative estimate of drug-likeness (QED) is 0.166. The predicted molar refractivity (Wildman–Crippen MR) is 130 cm³/mol. The molecular weight excluding hydrogens is 354 g/mol. The molecule has 0 fully saturated rings. The molecule has 2 heteroatoms. The highest BCUT2D eigenvalue weighted by molar-refractivity contribution is 5.13. The molecule has 0 bridgehead atoms. The summed E-state index contributed by atoms with van der Waals surface area (Å²) in [6.45, 7) is 4.75. The van der Waals surface area contributed by atoms with Gasteiger partial charge < -0.3 is 9.96 Å². The molecule has 0 heterocycles.